The largest absolute Gasteiger partial charge is 0.462 e. The predicted octanol–water partition coefficient (Wildman–Crippen LogP) is 3.07. The number of carbonyl (C=O) groups excluding carboxylic acids is 3. The van der Waals surface area contributed by atoms with Gasteiger partial charge in [-0.2, -0.15) is 0 Å². The second-order valence-corrected chi connectivity index (χ2v) is 10.7. The van der Waals surface area contributed by atoms with E-state index in [0.717, 1.165) is 37.7 Å². The Hall–Kier alpha value is -1.65. The number of carbonyl (C=O) groups is 3. The van der Waals surface area contributed by atoms with Gasteiger partial charge in [-0.15, -0.1) is 0 Å². The first-order valence-electron chi connectivity index (χ1n) is 10.9. The van der Waals surface area contributed by atoms with Gasteiger partial charge in [0.2, 0.25) is 0 Å². The molecule has 0 aromatic rings. The van der Waals surface area contributed by atoms with E-state index in [0.29, 0.717) is 17.8 Å². The Balaban J connectivity index is 1.41. The zero-order valence-corrected chi connectivity index (χ0v) is 16.8. The predicted molar refractivity (Wildman–Crippen MR) is 98.8 cm³/mol. The van der Waals surface area contributed by atoms with Gasteiger partial charge in [-0.1, -0.05) is 19.4 Å². The van der Waals surface area contributed by atoms with Crippen LogP contribution in [0, 0.1) is 46.8 Å². The topological polar surface area (TPSA) is 69.7 Å². The molecule has 0 spiro atoms. The van der Waals surface area contributed by atoms with Gasteiger partial charge < -0.3 is 9.47 Å². The minimum absolute atomic E-state index is 0.0219. The SMILES string of the molecule is C[C@@H]1C(=O)O[C@H]2C[C@H]3[C@@H]4CCC5=CC(=O)[C@H]6C(=O)O[C@](C)([C@H]4CC[C@]3(C)[C@H]21)[C@@H]56. The maximum atomic E-state index is 12.6. The highest BCUT2D eigenvalue weighted by Gasteiger charge is 2.70. The van der Waals surface area contributed by atoms with Gasteiger partial charge in [-0.3, -0.25) is 14.4 Å². The van der Waals surface area contributed by atoms with E-state index in [2.05, 4.69) is 13.8 Å². The molecule has 6 aliphatic rings. The average molecular weight is 384 g/mol. The van der Waals surface area contributed by atoms with Crippen LogP contribution in [0.3, 0.4) is 0 Å². The first-order chi connectivity index (χ1) is 13.3. The van der Waals surface area contributed by atoms with E-state index in [9.17, 15) is 14.4 Å². The Kier molecular flexibility index (Phi) is 3.13. The molecule has 0 amide bonds. The Morgan fingerprint density at radius 2 is 1.86 bits per heavy atom. The van der Waals surface area contributed by atoms with E-state index in [-0.39, 0.29) is 47.0 Å². The van der Waals surface area contributed by atoms with Gasteiger partial charge in [-0.25, -0.2) is 0 Å². The minimum atomic E-state index is -0.601. The van der Waals surface area contributed by atoms with Gasteiger partial charge in [0.05, 0.1) is 5.92 Å². The van der Waals surface area contributed by atoms with Crippen molar-refractivity contribution in [2.45, 2.75) is 64.6 Å². The van der Waals surface area contributed by atoms with Gasteiger partial charge in [0.1, 0.15) is 17.6 Å². The molecule has 5 nitrogen and oxygen atoms in total. The van der Waals surface area contributed by atoms with E-state index in [1.807, 2.05) is 6.92 Å². The minimum Gasteiger partial charge on any atom is -0.462 e. The van der Waals surface area contributed by atoms with Crippen molar-refractivity contribution >= 4 is 17.7 Å². The molecule has 2 heterocycles. The molecule has 3 saturated carbocycles. The highest BCUT2D eigenvalue weighted by molar-refractivity contribution is 6.09. The summed E-state index contributed by atoms with van der Waals surface area (Å²) in [5.41, 5.74) is 0.680. The standard InChI is InChI=1S/C23H28O5/c1-10-18-16(27-20(10)25)9-14-12-5-4-11-8-15(24)17-19(11)23(3,28-21(17)26)13(12)6-7-22(14,18)2/h8,10,12-14,16-19H,4-7,9H2,1-3H3/t10-,12+,13-,14-,16-,17+,18-,19-,22-,23+/m0/s1. The number of fused-ring (bicyclic) bond motifs is 6. The number of ketones is 1. The number of rotatable bonds is 0. The number of hydrogen-bond acceptors (Lipinski definition) is 5. The molecule has 6 rings (SSSR count). The van der Waals surface area contributed by atoms with Crippen LogP contribution in [0.1, 0.15) is 52.9 Å². The summed E-state index contributed by atoms with van der Waals surface area (Å²) in [7, 11) is 0. The Bertz CT molecular complexity index is 844. The molecular formula is C23H28O5. The van der Waals surface area contributed by atoms with E-state index in [4.69, 9.17) is 9.47 Å². The van der Waals surface area contributed by atoms with Crippen LogP contribution in [-0.4, -0.2) is 29.4 Å². The van der Waals surface area contributed by atoms with Crippen LogP contribution in [0.4, 0.5) is 0 Å². The van der Waals surface area contributed by atoms with Crippen molar-refractivity contribution in [2.24, 2.45) is 46.8 Å². The summed E-state index contributed by atoms with van der Waals surface area (Å²) in [6.07, 6.45) is 6.70. The molecule has 0 unspecified atom stereocenters. The van der Waals surface area contributed by atoms with Crippen molar-refractivity contribution < 1.29 is 23.9 Å². The fraction of sp³-hybridized carbons (Fsp3) is 0.783. The average Bonchev–Trinajstić information content (AvgIpc) is 3.27. The molecule has 150 valence electrons. The lowest BCUT2D eigenvalue weighted by atomic mass is 9.53. The van der Waals surface area contributed by atoms with Crippen LogP contribution >= 0.6 is 0 Å². The lowest BCUT2D eigenvalue weighted by Gasteiger charge is -2.52. The summed E-state index contributed by atoms with van der Waals surface area (Å²) in [6, 6.07) is 0. The van der Waals surface area contributed by atoms with Gasteiger partial charge >= 0.3 is 11.9 Å². The lowest BCUT2D eigenvalue weighted by molar-refractivity contribution is -0.162. The van der Waals surface area contributed by atoms with E-state index < -0.39 is 11.5 Å². The molecule has 2 saturated heterocycles. The summed E-state index contributed by atoms with van der Waals surface area (Å²) in [4.78, 5) is 37.2. The monoisotopic (exact) mass is 384 g/mol. The van der Waals surface area contributed by atoms with Crippen LogP contribution in [-0.2, 0) is 23.9 Å². The maximum Gasteiger partial charge on any atom is 0.318 e. The summed E-state index contributed by atoms with van der Waals surface area (Å²) < 4.78 is 11.8. The summed E-state index contributed by atoms with van der Waals surface area (Å²) in [6.45, 7) is 6.49. The Morgan fingerprint density at radius 1 is 1.07 bits per heavy atom. The quantitative estimate of drug-likeness (QED) is 0.474. The smallest absolute Gasteiger partial charge is 0.318 e. The van der Waals surface area contributed by atoms with Crippen molar-refractivity contribution in [3.8, 4) is 0 Å². The molecule has 5 fully saturated rings. The van der Waals surface area contributed by atoms with Crippen LogP contribution in [0.5, 0.6) is 0 Å². The van der Waals surface area contributed by atoms with E-state index in [1.165, 1.54) is 0 Å². The third kappa shape index (κ3) is 1.78. The zero-order chi connectivity index (χ0) is 19.6. The Labute approximate surface area is 165 Å². The molecule has 4 aliphatic carbocycles. The third-order valence-electron chi connectivity index (χ3n) is 9.76. The molecule has 5 heteroatoms. The molecule has 0 radical (unpaired) electrons. The Morgan fingerprint density at radius 3 is 2.64 bits per heavy atom. The fourth-order valence-corrected chi connectivity index (χ4v) is 8.75. The molecule has 0 aromatic carbocycles. The van der Waals surface area contributed by atoms with Gasteiger partial charge in [-0.05, 0) is 62.4 Å². The number of esters is 2. The normalized spacial score (nSPS) is 56.2. The zero-order valence-electron chi connectivity index (χ0n) is 16.8. The third-order valence-corrected chi connectivity index (χ3v) is 9.76. The fourth-order valence-electron chi connectivity index (χ4n) is 8.75. The highest BCUT2D eigenvalue weighted by Crippen LogP contribution is 2.68. The van der Waals surface area contributed by atoms with Gasteiger partial charge in [0.25, 0.3) is 0 Å². The van der Waals surface area contributed by atoms with Crippen LogP contribution in [0.2, 0.25) is 0 Å². The van der Waals surface area contributed by atoms with Crippen molar-refractivity contribution in [3.05, 3.63) is 11.6 Å². The number of ether oxygens (including phenoxy) is 2. The molecule has 0 bridgehead atoms. The summed E-state index contributed by atoms with van der Waals surface area (Å²) >= 11 is 0. The van der Waals surface area contributed by atoms with Gasteiger partial charge in [0.15, 0.2) is 5.78 Å². The van der Waals surface area contributed by atoms with Crippen molar-refractivity contribution in [1.82, 2.24) is 0 Å². The number of hydrogen-bond donors (Lipinski definition) is 0. The summed E-state index contributed by atoms with van der Waals surface area (Å²) in [5.74, 6) is 0.442. The molecule has 0 aromatic heterocycles. The first-order valence-corrected chi connectivity index (χ1v) is 10.9. The molecular weight excluding hydrogens is 356 g/mol. The number of allylic oxidation sites excluding steroid dienone is 1. The molecule has 0 N–H and O–H groups in total. The maximum absolute atomic E-state index is 12.6. The second kappa shape index (κ2) is 5.09. The first kappa shape index (κ1) is 17.2. The molecule has 28 heavy (non-hydrogen) atoms. The van der Waals surface area contributed by atoms with Crippen molar-refractivity contribution in [3.63, 3.8) is 0 Å². The second-order valence-electron chi connectivity index (χ2n) is 10.7. The van der Waals surface area contributed by atoms with Crippen molar-refractivity contribution in [2.75, 3.05) is 0 Å². The molecule has 10 atom stereocenters. The summed E-state index contributed by atoms with van der Waals surface area (Å²) in [5, 5.41) is 0. The van der Waals surface area contributed by atoms with E-state index in [1.54, 1.807) is 6.08 Å². The highest BCUT2D eigenvalue weighted by atomic mass is 16.6. The molecule has 2 aliphatic heterocycles. The van der Waals surface area contributed by atoms with Crippen LogP contribution in [0.25, 0.3) is 0 Å². The van der Waals surface area contributed by atoms with Crippen LogP contribution < -0.4 is 0 Å². The van der Waals surface area contributed by atoms with E-state index >= 15 is 0 Å². The van der Waals surface area contributed by atoms with Gasteiger partial charge in [0, 0.05) is 17.8 Å². The lowest BCUT2D eigenvalue weighted by Crippen LogP contribution is -2.51. The van der Waals surface area contributed by atoms with Crippen molar-refractivity contribution in [1.29, 1.82) is 0 Å². The van der Waals surface area contributed by atoms with Crippen LogP contribution in [0.15, 0.2) is 11.6 Å².